The third-order valence-electron chi connectivity index (χ3n) is 5.00. The fourth-order valence-corrected chi connectivity index (χ4v) is 4.71. The Hall–Kier alpha value is -3.38. The van der Waals surface area contributed by atoms with Crippen LogP contribution in [-0.2, 0) is 21.8 Å². The SMILES string of the molecule is Cn1cc2c(c1C(=O)Nc1ccc(F)c(C#N)c1)OC[C@H](CC#CC1COC1)NS2(=O)=O. The maximum atomic E-state index is 13.5. The lowest BCUT2D eigenvalue weighted by molar-refractivity contribution is -0.00306. The smallest absolute Gasteiger partial charge is 0.276 e. The highest BCUT2D eigenvalue weighted by Gasteiger charge is 2.34. The first-order valence-electron chi connectivity index (χ1n) is 9.70. The van der Waals surface area contributed by atoms with Crippen LogP contribution in [0, 0.1) is 34.9 Å². The van der Waals surface area contributed by atoms with Crippen molar-refractivity contribution in [2.45, 2.75) is 17.4 Å². The Labute approximate surface area is 184 Å². The van der Waals surface area contributed by atoms with Crippen molar-refractivity contribution in [1.29, 1.82) is 5.26 Å². The van der Waals surface area contributed by atoms with Gasteiger partial charge in [-0.2, -0.15) is 5.26 Å². The second-order valence-electron chi connectivity index (χ2n) is 7.43. The van der Waals surface area contributed by atoms with E-state index < -0.39 is 27.8 Å². The number of sulfonamides is 1. The standard InChI is InChI=1S/C21H19FN4O5S/c1-26-9-18-20(19(26)21(27)24-15-5-6-17(22)14(7-15)8-23)31-12-16(25-32(18,28)29)4-2-3-13-10-30-11-13/h5-7,9,13,16,25H,4,10-12H2,1H3,(H,24,27)/t16-/m0/s1. The van der Waals surface area contributed by atoms with Gasteiger partial charge in [0, 0.05) is 25.4 Å². The van der Waals surface area contributed by atoms with E-state index in [1.807, 2.05) is 0 Å². The van der Waals surface area contributed by atoms with Crippen molar-refractivity contribution in [3.8, 4) is 23.7 Å². The topological polar surface area (TPSA) is 122 Å². The van der Waals surface area contributed by atoms with Gasteiger partial charge in [0.15, 0.2) is 11.4 Å². The Morgan fingerprint density at radius 1 is 1.38 bits per heavy atom. The number of hydrogen-bond acceptors (Lipinski definition) is 6. The first-order valence-corrected chi connectivity index (χ1v) is 11.2. The van der Waals surface area contributed by atoms with Gasteiger partial charge in [0.05, 0.1) is 30.7 Å². The summed E-state index contributed by atoms with van der Waals surface area (Å²) in [6.45, 7) is 1.14. The van der Waals surface area contributed by atoms with Gasteiger partial charge in [0.25, 0.3) is 5.91 Å². The molecule has 4 rings (SSSR count). The molecule has 0 saturated carbocycles. The third-order valence-corrected chi connectivity index (χ3v) is 6.51. The van der Waals surface area contributed by atoms with E-state index >= 15 is 0 Å². The summed E-state index contributed by atoms with van der Waals surface area (Å²) >= 11 is 0. The van der Waals surface area contributed by atoms with Crippen LogP contribution in [0.4, 0.5) is 10.1 Å². The minimum Gasteiger partial charge on any atom is -0.488 e. The maximum Gasteiger partial charge on any atom is 0.276 e. The number of nitrogens with one attached hydrogen (secondary N) is 2. The number of nitriles is 1. The molecule has 32 heavy (non-hydrogen) atoms. The minimum absolute atomic E-state index is 0.0124. The number of nitrogens with zero attached hydrogens (tertiary/aromatic N) is 2. The monoisotopic (exact) mass is 458 g/mol. The van der Waals surface area contributed by atoms with Crippen LogP contribution in [0.15, 0.2) is 29.3 Å². The van der Waals surface area contributed by atoms with Crippen molar-refractivity contribution in [1.82, 2.24) is 9.29 Å². The molecule has 11 heteroatoms. The number of amides is 1. The van der Waals surface area contributed by atoms with Crippen LogP contribution < -0.4 is 14.8 Å². The molecule has 0 aliphatic carbocycles. The molecule has 0 radical (unpaired) electrons. The molecule has 166 valence electrons. The molecule has 1 amide bonds. The molecule has 0 spiro atoms. The molecule has 2 aliphatic rings. The van der Waals surface area contributed by atoms with E-state index in [4.69, 9.17) is 14.7 Å². The number of aryl methyl sites for hydroxylation is 1. The quantitative estimate of drug-likeness (QED) is 0.670. The zero-order chi connectivity index (χ0) is 22.9. The summed E-state index contributed by atoms with van der Waals surface area (Å²) in [5, 5.41) is 11.5. The van der Waals surface area contributed by atoms with Gasteiger partial charge in [0.1, 0.15) is 23.4 Å². The number of fused-ring (bicyclic) bond motifs is 1. The first kappa shape index (κ1) is 21.8. The van der Waals surface area contributed by atoms with Crippen molar-refractivity contribution < 1.29 is 27.1 Å². The molecule has 2 N–H and O–H groups in total. The van der Waals surface area contributed by atoms with Gasteiger partial charge >= 0.3 is 0 Å². The van der Waals surface area contributed by atoms with E-state index in [1.165, 1.54) is 29.9 Å². The lowest BCUT2D eigenvalue weighted by Gasteiger charge is -2.20. The molecule has 2 aromatic rings. The van der Waals surface area contributed by atoms with E-state index in [2.05, 4.69) is 21.9 Å². The fraction of sp³-hybridized carbons (Fsp3) is 0.333. The lowest BCUT2D eigenvalue weighted by atomic mass is 10.1. The van der Waals surface area contributed by atoms with Crippen molar-refractivity contribution in [2.24, 2.45) is 13.0 Å². The highest BCUT2D eigenvalue weighted by molar-refractivity contribution is 7.89. The molecule has 0 unspecified atom stereocenters. The van der Waals surface area contributed by atoms with Gasteiger partial charge < -0.3 is 19.4 Å². The number of benzene rings is 1. The second-order valence-corrected chi connectivity index (χ2v) is 9.11. The van der Waals surface area contributed by atoms with Gasteiger partial charge in [-0.15, -0.1) is 5.92 Å². The normalized spacial score (nSPS) is 19.2. The second kappa shape index (κ2) is 8.63. The number of hydrogen-bond donors (Lipinski definition) is 2. The Balaban J connectivity index is 1.57. The number of ether oxygens (including phenoxy) is 2. The Kier molecular flexibility index (Phi) is 5.89. The average Bonchev–Trinajstić information content (AvgIpc) is 3.00. The molecule has 1 fully saturated rings. The maximum absolute atomic E-state index is 13.5. The summed E-state index contributed by atoms with van der Waals surface area (Å²) in [6.07, 6.45) is 1.54. The molecule has 1 aromatic carbocycles. The van der Waals surface area contributed by atoms with Crippen LogP contribution in [0.3, 0.4) is 0 Å². The minimum atomic E-state index is -3.96. The highest BCUT2D eigenvalue weighted by Crippen LogP contribution is 2.33. The summed E-state index contributed by atoms with van der Waals surface area (Å²) in [5.74, 6) is 4.70. The van der Waals surface area contributed by atoms with Gasteiger partial charge in [0.2, 0.25) is 10.0 Å². The van der Waals surface area contributed by atoms with Crippen LogP contribution in [0.1, 0.15) is 22.5 Å². The van der Waals surface area contributed by atoms with Gasteiger partial charge in [-0.05, 0) is 18.2 Å². The average molecular weight is 458 g/mol. The van der Waals surface area contributed by atoms with E-state index in [9.17, 15) is 17.6 Å². The van der Waals surface area contributed by atoms with E-state index in [1.54, 1.807) is 6.07 Å². The molecule has 2 aliphatic heterocycles. The van der Waals surface area contributed by atoms with Gasteiger partial charge in [-0.25, -0.2) is 17.5 Å². The van der Waals surface area contributed by atoms with Gasteiger partial charge in [-0.3, -0.25) is 4.79 Å². The highest BCUT2D eigenvalue weighted by atomic mass is 32.2. The van der Waals surface area contributed by atoms with Crippen LogP contribution in [0.25, 0.3) is 0 Å². The molecular formula is C21H19FN4O5S. The molecular weight excluding hydrogens is 439 g/mol. The predicted molar refractivity (Wildman–Crippen MR) is 111 cm³/mol. The van der Waals surface area contributed by atoms with E-state index in [0.717, 1.165) is 6.07 Å². The number of carbonyl (C=O) groups excluding carboxylic acids is 1. The summed E-state index contributed by atoms with van der Waals surface area (Å²) in [4.78, 5) is 12.7. The fourth-order valence-electron chi connectivity index (χ4n) is 3.30. The van der Waals surface area contributed by atoms with Crippen LogP contribution in [-0.4, -0.2) is 44.8 Å². The lowest BCUT2D eigenvalue weighted by Crippen LogP contribution is -2.36. The largest absolute Gasteiger partial charge is 0.488 e. The van der Waals surface area contributed by atoms with Crippen molar-refractivity contribution in [3.05, 3.63) is 41.5 Å². The van der Waals surface area contributed by atoms with Crippen LogP contribution in [0.5, 0.6) is 5.75 Å². The summed E-state index contributed by atoms with van der Waals surface area (Å²) in [5.41, 5.74) is -0.0638. The first-order chi connectivity index (χ1) is 15.3. The third kappa shape index (κ3) is 4.32. The number of carbonyl (C=O) groups is 1. The Morgan fingerprint density at radius 3 is 2.84 bits per heavy atom. The zero-order valence-corrected chi connectivity index (χ0v) is 17.8. The molecule has 1 saturated heterocycles. The summed E-state index contributed by atoms with van der Waals surface area (Å²) in [7, 11) is -2.44. The van der Waals surface area contributed by atoms with Crippen molar-refractivity contribution in [2.75, 3.05) is 25.1 Å². The number of aromatic nitrogens is 1. The molecule has 1 aromatic heterocycles. The van der Waals surface area contributed by atoms with Crippen molar-refractivity contribution in [3.63, 3.8) is 0 Å². The summed E-state index contributed by atoms with van der Waals surface area (Å²) in [6, 6.07) is 4.67. The van der Waals surface area contributed by atoms with Crippen LogP contribution in [0.2, 0.25) is 0 Å². The zero-order valence-electron chi connectivity index (χ0n) is 17.0. The summed E-state index contributed by atoms with van der Waals surface area (Å²) < 4.78 is 53.9. The van der Waals surface area contributed by atoms with Crippen LogP contribution >= 0.6 is 0 Å². The molecule has 9 nitrogen and oxygen atoms in total. The van der Waals surface area contributed by atoms with Gasteiger partial charge in [-0.1, -0.05) is 5.92 Å². The van der Waals surface area contributed by atoms with Crippen molar-refractivity contribution >= 4 is 21.6 Å². The predicted octanol–water partition coefficient (Wildman–Crippen LogP) is 1.37. The molecule has 1 atom stereocenters. The molecule has 3 heterocycles. The molecule has 0 bridgehead atoms. The Bertz CT molecular complexity index is 1280. The van der Waals surface area contributed by atoms with E-state index in [0.29, 0.717) is 13.2 Å². The number of halogens is 1. The number of rotatable bonds is 3. The van der Waals surface area contributed by atoms with E-state index in [-0.39, 0.29) is 46.5 Å². The number of anilines is 1. The Morgan fingerprint density at radius 2 is 2.16 bits per heavy atom.